The molecule has 6 nitrogen and oxygen atoms in total. The molecule has 148 valence electrons. The number of thiazole rings is 1. The standard InChI is InChI=1S/C22H20N2O4S/c1-2-7-18-19(20(25)26)23-21(29-18)24-22(27)28-12-17-15-10-5-3-8-13(15)14-9-4-6-11-16(14)17/h3-6,8-11,17H,2,7,12H2,1H3,(H,25,26)(H,23,24,27). The monoisotopic (exact) mass is 408 g/mol. The van der Waals surface area contributed by atoms with Crippen molar-refractivity contribution in [3.8, 4) is 11.1 Å². The van der Waals surface area contributed by atoms with Gasteiger partial charge in [0.2, 0.25) is 0 Å². The second-order valence-corrected chi connectivity index (χ2v) is 7.88. The number of hydrogen-bond acceptors (Lipinski definition) is 5. The Hall–Kier alpha value is -3.19. The van der Waals surface area contributed by atoms with E-state index in [4.69, 9.17) is 4.74 Å². The van der Waals surface area contributed by atoms with Gasteiger partial charge in [-0.05, 0) is 28.7 Å². The van der Waals surface area contributed by atoms with Crippen molar-refractivity contribution in [1.29, 1.82) is 0 Å². The summed E-state index contributed by atoms with van der Waals surface area (Å²) in [6.45, 7) is 2.16. The minimum atomic E-state index is -1.09. The number of carbonyl (C=O) groups excluding carboxylic acids is 1. The molecule has 29 heavy (non-hydrogen) atoms. The summed E-state index contributed by atoms with van der Waals surface area (Å²) in [6.07, 6.45) is 0.763. The van der Waals surface area contributed by atoms with Gasteiger partial charge in [-0.15, -0.1) is 11.3 Å². The number of aromatic carboxylic acids is 1. The number of nitrogens with zero attached hydrogens (tertiary/aromatic N) is 1. The molecule has 0 unspecified atom stereocenters. The minimum absolute atomic E-state index is 0.00852. The van der Waals surface area contributed by atoms with Crippen LogP contribution in [0.2, 0.25) is 0 Å². The van der Waals surface area contributed by atoms with Crippen LogP contribution in [0.25, 0.3) is 11.1 Å². The van der Waals surface area contributed by atoms with Crippen LogP contribution in [0.4, 0.5) is 9.93 Å². The summed E-state index contributed by atoms with van der Waals surface area (Å²) in [7, 11) is 0. The number of benzene rings is 2. The summed E-state index contributed by atoms with van der Waals surface area (Å²) in [6, 6.07) is 16.2. The predicted octanol–water partition coefficient (Wildman–Crippen LogP) is 5.15. The van der Waals surface area contributed by atoms with Gasteiger partial charge in [0.1, 0.15) is 6.61 Å². The molecular formula is C22H20N2O4S. The predicted molar refractivity (Wildman–Crippen MR) is 112 cm³/mol. The number of hydrogen-bond donors (Lipinski definition) is 2. The Morgan fingerprint density at radius 2 is 1.72 bits per heavy atom. The lowest BCUT2D eigenvalue weighted by Gasteiger charge is -2.14. The van der Waals surface area contributed by atoms with Crippen LogP contribution in [0.1, 0.15) is 45.8 Å². The Bertz CT molecular complexity index is 1030. The van der Waals surface area contributed by atoms with E-state index in [9.17, 15) is 14.7 Å². The van der Waals surface area contributed by atoms with E-state index in [1.165, 1.54) is 11.3 Å². The number of aromatic nitrogens is 1. The third kappa shape index (κ3) is 3.73. The summed E-state index contributed by atoms with van der Waals surface area (Å²) in [5.74, 6) is -1.13. The molecule has 0 atom stereocenters. The largest absolute Gasteiger partial charge is 0.476 e. The molecule has 0 bridgehead atoms. The van der Waals surface area contributed by atoms with Gasteiger partial charge in [0.05, 0.1) is 0 Å². The molecule has 7 heteroatoms. The number of nitrogens with one attached hydrogen (secondary N) is 1. The second-order valence-electron chi connectivity index (χ2n) is 6.80. The highest BCUT2D eigenvalue weighted by Crippen LogP contribution is 2.44. The van der Waals surface area contributed by atoms with Crippen molar-refractivity contribution >= 4 is 28.5 Å². The SMILES string of the molecule is CCCc1sc(NC(=O)OCC2c3ccccc3-c3ccccc32)nc1C(=O)O. The maximum atomic E-state index is 12.3. The van der Waals surface area contributed by atoms with Gasteiger partial charge in [-0.3, -0.25) is 5.32 Å². The van der Waals surface area contributed by atoms with Gasteiger partial charge < -0.3 is 9.84 Å². The average molecular weight is 408 g/mol. The molecule has 0 saturated heterocycles. The van der Waals surface area contributed by atoms with Crippen molar-refractivity contribution in [2.24, 2.45) is 0 Å². The first kappa shape index (κ1) is 19.1. The Labute approximate surface area is 172 Å². The topological polar surface area (TPSA) is 88.5 Å². The highest BCUT2D eigenvalue weighted by Gasteiger charge is 2.29. The van der Waals surface area contributed by atoms with Gasteiger partial charge in [0.15, 0.2) is 10.8 Å². The van der Waals surface area contributed by atoms with Crippen molar-refractivity contribution in [3.63, 3.8) is 0 Å². The highest BCUT2D eigenvalue weighted by molar-refractivity contribution is 7.16. The molecule has 2 aromatic carbocycles. The Kier molecular flexibility index (Phi) is 5.31. The molecule has 0 spiro atoms. The fraction of sp³-hybridized carbons (Fsp3) is 0.227. The van der Waals surface area contributed by atoms with Gasteiger partial charge in [-0.1, -0.05) is 61.9 Å². The maximum Gasteiger partial charge on any atom is 0.413 e. The van der Waals surface area contributed by atoms with Crippen LogP contribution in [-0.2, 0) is 11.2 Å². The molecule has 0 saturated carbocycles. The number of ether oxygens (including phenoxy) is 1. The summed E-state index contributed by atoms with van der Waals surface area (Å²) in [4.78, 5) is 28.3. The van der Waals surface area contributed by atoms with E-state index >= 15 is 0 Å². The molecule has 1 amide bonds. The van der Waals surface area contributed by atoms with E-state index in [-0.39, 0.29) is 23.4 Å². The molecule has 1 aromatic heterocycles. The van der Waals surface area contributed by atoms with Crippen molar-refractivity contribution in [2.75, 3.05) is 11.9 Å². The molecule has 3 aromatic rings. The summed E-state index contributed by atoms with van der Waals surface area (Å²) < 4.78 is 5.48. The number of fused-ring (bicyclic) bond motifs is 3. The smallest absolute Gasteiger partial charge is 0.413 e. The number of amides is 1. The van der Waals surface area contributed by atoms with Gasteiger partial charge in [0.25, 0.3) is 0 Å². The fourth-order valence-corrected chi connectivity index (χ4v) is 4.73. The van der Waals surface area contributed by atoms with E-state index < -0.39 is 12.1 Å². The number of carbonyl (C=O) groups is 2. The number of carboxylic acids is 1. The Balaban J connectivity index is 1.47. The van der Waals surface area contributed by atoms with Crippen molar-refractivity contribution in [1.82, 2.24) is 4.98 Å². The first-order valence-electron chi connectivity index (χ1n) is 9.43. The molecule has 2 N–H and O–H groups in total. The van der Waals surface area contributed by atoms with Gasteiger partial charge in [0, 0.05) is 10.8 Å². The molecule has 0 aliphatic heterocycles. The quantitative estimate of drug-likeness (QED) is 0.588. The molecule has 0 radical (unpaired) electrons. The third-order valence-electron chi connectivity index (χ3n) is 4.93. The summed E-state index contributed by atoms with van der Waals surface area (Å²) in [5, 5.41) is 12.1. The number of aryl methyl sites for hydroxylation is 1. The maximum absolute atomic E-state index is 12.3. The van der Waals surface area contributed by atoms with E-state index in [0.717, 1.165) is 28.7 Å². The first-order chi connectivity index (χ1) is 14.1. The van der Waals surface area contributed by atoms with Crippen molar-refractivity contribution in [2.45, 2.75) is 25.7 Å². The van der Waals surface area contributed by atoms with Crippen LogP contribution in [0.15, 0.2) is 48.5 Å². The molecule has 0 fully saturated rings. The van der Waals surface area contributed by atoms with Crippen LogP contribution >= 0.6 is 11.3 Å². The van der Waals surface area contributed by atoms with E-state index in [2.05, 4.69) is 34.6 Å². The lowest BCUT2D eigenvalue weighted by atomic mass is 9.98. The molecule has 1 heterocycles. The van der Waals surface area contributed by atoms with Gasteiger partial charge >= 0.3 is 12.1 Å². The zero-order valence-corrected chi connectivity index (χ0v) is 16.7. The van der Waals surface area contributed by atoms with Crippen LogP contribution < -0.4 is 5.32 Å². The Morgan fingerprint density at radius 3 is 2.31 bits per heavy atom. The van der Waals surface area contributed by atoms with E-state index in [1.54, 1.807) is 0 Å². The molecule has 4 rings (SSSR count). The van der Waals surface area contributed by atoms with Crippen LogP contribution in [0, 0.1) is 0 Å². The summed E-state index contributed by atoms with van der Waals surface area (Å²) in [5.41, 5.74) is 4.58. The first-order valence-corrected chi connectivity index (χ1v) is 10.2. The van der Waals surface area contributed by atoms with Crippen molar-refractivity contribution < 1.29 is 19.4 Å². The summed E-state index contributed by atoms with van der Waals surface area (Å²) >= 11 is 1.17. The normalized spacial score (nSPS) is 12.3. The lowest BCUT2D eigenvalue weighted by Crippen LogP contribution is -2.18. The van der Waals surface area contributed by atoms with Crippen LogP contribution in [0.3, 0.4) is 0 Å². The van der Waals surface area contributed by atoms with Gasteiger partial charge in [-0.25, -0.2) is 14.6 Å². The van der Waals surface area contributed by atoms with E-state index in [1.807, 2.05) is 31.2 Å². The molecule has 1 aliphatic carbocycles. The zero-order chi connectivity index (χ0) is 20.4. The molecule has 1 aliphatic rings. The Morgan fingerprint density at radius 1 is 1.10 bits per heavy atom. The lowest BCUT2D eigenvalue weighted by molar-refractivity contribution is 0.0690. The minimum Gasteiger partial charge on any atom is -0.476 e. The van der Waals surface area contributed by atoms with Crippen LogP contribution in [-0.4, -0.2) is 28.8 Å². The van der Waals surface area contributed by atoms with Crippen molar-refractivity contribution in [3.05, 3.63) is 70.2 Å². The average Bonchev–Trinajstić information content (AvgIpc) is 3.26. The molecular weight excluding hydrogens is 388 g/mol. The number of anilines is 1. The number of carboxylic acid groups (broad SMARTS) is 1. The number of rotatable bonds is 6. The van der Waals surface area contributed by atoms with Gasteiger partial charge in [-0.2, -0.15) is 0 Å². The second kappa shape index (κ2) is 8.05. The highest BCUT2D eigenvalue weighted by atomic mass is 32.1. The zero-order valence-electron chi connectivity index (χ0n) is 15.8. The van der Waals surface area contributed by atoms with Crippen LogP contribution in [0.5, 0.6) is 0 Å². The third-order valence-corrected chi connectivity index (χ3v) is 5.96. The van der Waals surface area contributed by atoms with E-state index in [0.29, 0.717) is 11.3 Å². The fourth-order valence-electron chi connectivity index (χ4n) is 3.69.